The molecule has 0 spiro atoms. The van der Waals surface area contributed by atoms with Gasteiger partial charge in [-0.3, -0.25) is 0 Å². The first-order valence-corrected chi connectivity index (χ1v) is 7.66. The van der Waals surface area contributed by atoms with Crippen LogP contribution in [0, 0.1) is 13.8 Å². The first kappa shape index (κ1) is 13.3. The summed E-state index contributed by atoms with van der Waals surface area (Å²) in [6.07, 6.45) is 0. The highest BCUT2D eigenvalue weighted by Gasteiger charge is 2.12. The number of rotatable bonds is 3. The van der Waals surface area contributed by atoms with Crippen molar-refractivity contribution in [3.8, 4) is 0 Å². The average molecular weight is 303 g/mol. The molecule has 5 nitrogen and oxygen atoms in total. The lowest BCUT2D eigenvalue weighted by Crippen LogP contribution is -2.12. The molecule has 0 fully saturated rings. The number of anilines is 1. The minimum absolute atomic E-state index is 0.654. The number of aryl methyl sites for hydroxylation is 1. The third kappa shape index (κ3) is 2.47. The van der Waals surface area contributed by atoms with E-state index in [2.05, 4.69) is 26.4 Å². The first-order chi connectivity index (χ1) is 9.67. The summed E-state index contributed by atoms with van der Waals surface area (Å²) >= 11 is 3.20. The molecule has 3 rings (SSSR count). The highest BCUT2D eigenvalue weighted by molar-refractivity contribution is 8.01. The van der Waals surface area contributed by atoms with Crippen molar-refractivity contribution in [1.29, 1.82) is 0 Å². The molecule has 0 unspecified atom stereocenters. The Hall–Kier alpha value is -1.70. The Balaban J connectivity index is 2.00. The van der Waals surface area contributed by atoms with E-state index in [0.717, 1.165) is 20.4 Å². The van der Waals surface area contributed by atoms with Crippen molar-refractivity contribution in [2.24, 2.45) is 5.84 Å². The molecular weight excluding hydrogens is 290 g/mol. The van der Waals surface area contributed by atoms with Crippen molar-refractivity contribution in [1.82, 2.24) is 15.0 Å². The zero-order chi connectivity index (χ0) is 14.1. The molecule has 0 bridgehead atoms. The van der Waals surface area contributed by atoms with E-state index in [9.17, 15) is 0 Å². The Labute approximate surface area is 124 Å². The van der Waals surface area contributed by atoms with Crippen molar-refractivity contribution < 1.29 is 0 Å². The van der Waals surface area contributed by atoms with Crippen LogP contribution >= 0.6 is 23.1 Å². The molecule has 2 heterocycles. The summed E-state index contributed by atoms with van der Waals surface area (Å²) in [4.78, 5) is 13.3. The third-order valence-electron chi connectivity index (χ3n) is 2.81. The topological polar surface area (TPSA) is 76.7 Å². The fourth-order valence-corrected chi connectivity index (χ4v) is 3.93. The predicted molar refractivity (Wildman–Crippen MR) is 83.1 cm³/mol. The summed E-state index contributed by atoms with van der Waals surface area (Å²) in [6.45, 7) is 3.80. The van der Waals surface area contributed by atoms with Gasteiger partial charge in [0.05, 0.1) is 10.2 Å². The summed E-state index contributed by atoms with van der Waals surface area (Å²) in [5.41, 5.74) is 4.55. The van der Waals surface area contributed by atoms with E-state index in [4.69, 9.17) is 5.84 Å². The van der Waals surface area contributed by atoms with Crippen LogP contribution in [-0.2, 0) is 0 Å². The molecule has 20 heavy (non-hydrogen) atoms. The zero-order valence-corrected chi connectivity index (χ0v) is 12.7. The molecule has 0 aliphatic rings. The number of nitrogens with zero attached hydrogens (tertiary/aromatic N) is 3. The molecule has 1 aromatic carbocycles. The molecule has 0 aliphatic carbocycles. The number of hydrogen-bond donors (Lipinski definition) is 2. The number of aromatic nitrogens is 3. The second-order valence-corrected chi connectivity index (χ2v) is 6.51. The second kappa shape index (κ2) is 5.35. The van der Waals surface area contributed by atoms with Gasteiger partial charge in [0.25, 0.3) is 0 Å². The number of nitrogens with one attached hydrogen (secondary N) is 1. The number of nitrogens with two attached hydrogens (primary N) is 1. The lowest BCUT2D eigenvalue weighted by Gasteiger charge is -2.08. The number of hydrogen-bond acceptors (Lipinski definition) is 7. The van der Waals surface area contributed by atoms with E-state index in [-0.39, 0.29) is 0 Å². The Morgan fingerprint density at radius 3 is 2.70 bits per heavy atom. The third-order valence-corrected chi connectivity index (χ3v) is 5.00. The molecule has 102 valence electrons. The standard InChI is InChI=1S/C13H13N5S2/c1-7-11(18-14)15-8(2)16-12(7)20-13-17-9-5-3-4-6-10(9)19-13/h3-6H,14H2,1-2H3,(H,15,16,18). The molecular formula is C13H13N5S2. The number of benzene rings is 1. The summed E-state index contributed by atoms with van der Waals surface area (Å²) < 4.78 is 2.14. The van der Waals surface area contributed by atoms with Gasteiger partial charge in [-0.15, -0.1) is 11.3 Å². The van der Waals surface area contributed by atoms with E-state index in [0.29, 0.717) is 11.6 Å². The normalized spacial score (nSPS) is 10.9. The van der Waals surface area contributed by atoms with Gasteiger partial charge in [0.2, 0.25) is 0 Å². The number of thiazole rings is 1. The summed E-state index contributed by atoms with van der Waals surface area (Å²) in [5, 5.41) is 0.879. The minimum Gasteiger partial charge on any atom is -0.308 e. The lowest BCUT2D eigenvalue weighted by atomic mass is 10.3. The maximum atomic E-state index is 5.48. The fraction of sp³-hybridized carbons (Fsp3) is 0.154. The van der Waals surface area contributed by atoms with Gasteiger partial charge in [0, 0.05) is 5.56 Å². The van der Waals surface area contributed by atoms with E-state index in [1.807, 2.05) is 32.0 Å². The van der Waals surface area contributed by atoms with E-state index >= 15 is 0 Å². The van der Waals surface area contributed by atoms with Gasteiger partial charge >= 0.3 is 0 Å². The van der Waals surface area contributed by atoms with Gasteiger partial charge in [-0.25, -0.2) is 20.8 Å². The van der Waals surface area contributed by atoms with Crippen LogP contribution in [-0.4, -0.2) is 15.0 Å². The maximum Gasteiger partial charge on any atom is 0.157 e. The average Bonchev–Trinajstić information content (AvgIpc) is 2.84. The Morgan fingerprint density at radius 2 is 1.95 bits per heavy atom. The first-order valence-electron chi connectivity index (χ1n) is 6.02. The molecule has 7 heteroatoms. The molecule has 3 aromatic rings. The molecule has 0 aliphatic heterocycles. The van der Waals surface area contributed by atoms with Gasteiger partial charge in [0.15, 0.2) is 4.34 Å². The van der Waals surface area contributed by atoms with Crippen LogP contribution in [0.15, 0.2) is 33.6 Å². The van der Waals surface area contributed by atoms with Gasteiger partial charge < -0.3 is 5.43 Å². The molecule has 3 N–H and O–H groups in total. The maximum absolute atomic E-state index is 5.48. The van der Waals surface area contributed by atoms with Crippen LogP contribution in [0.4, 0.5) is 5.82 Å². The van der Waals surface area contributed by atoms with E-state index in [1.165, 1.54) is 4.70 Å². The fourth-order valence-electron chi connectivity index (χ4n) is 1.82. The second-order valence-electron chi connectivity index (χ2n) is 4.24. The zero-order valence-electron chi connectivity index (χ0n) is 11.0. The molecule has 0 saturated carbocycles. The van der Waals surface area contributed by atoms with Crippen LogP contribution in [0.3, 0.4) is 0 Å². The highest BCUT2D eigenvalue weighted by Crippen LogP contribution is 2.35. The summed E-state index contributed by atoms with van der Waals surface area (Å²) in [5.74, 6) is 6.82. The number of nitrogen functional groups attached to an aromatic ring is 1. The number of para-hydroxylation sites is 1. The number of fused-ring (bicyclic) bond motifs is 1. The smallest absolute Gasteiger partial charge is 0.157 e. The largest absolute Gasteiger partial charge is 0.308 e. The van der Waals surface area contributed by atoms with Crippen LogP contribution in [0.5, 0.6) is 0 Å². The highest BCUT2D eigenvalue weighted by atomic mass is 32.2. The van der Waals surface area contributed by atoms with Gasteiger partial charge in [-0.1, -0.05) is 12.1 Å². The predicted octanol–water partition coefficient (Wildman–Crippen LogP) is 3.14. The van der Waals surface area contributed by atoms with Crippen LogP contribution in [0.1, 0.15) is 11.4 Å². The molecule has 2 aromatic heterocycles. The van der Waals surface area contributed by atoms with E-state index < -0.39 is 0 Å². The Morgan fingerprint density at radius 1 is 1.15 bits per heavy atom. The lowest BCUT2D eigenvalue weighted by molar-refractivity contribution is 0.935. The van der Waals surface area contributed by atoms with Gasteiger partial charge in [-0.2, -0.15) is 0 Å². The molecule has 0 radical (unpaired) electrons. The van der Waals surface area contributed by atoms with Crippen molar-refractivity contribution in [2.75, 3.05) is 5.43 Å². The summed E-state index contributed by atoms with van der Waals surface area (Å²) in [6, 6.07) is 8.10. The van der Waals surface area contributed by atoms with E-state index in [1.54, 1.807) is 23.1 Å². The van der Waals surface area contributed by atoms with Gasteiger partial charge in [-0.05, 0) is 37.7 Å². The van der Waals surface area contributed by atoms with Crippen molar-refractivity contribution in [3.05, 3.63) is 35.7 Å². The minimum atomic E-state index is 0.654. The van der Waals surface area contributed by atoms with Crippen LogP contribution in [0.25, 0.3) is 10.2 Å². The molecule has 0 amide bonds. The molecule has 0 atom stereocenters. The summed E-state index contributed by atoms with van der Waals surface area (Å²) in [7, 11) is 0. The van der Waals surface area contributed by atoms with Crippen molar-refractivity contribution in [3.63, 3.8) is 0 Å². The van der Waals surface area contributed by atoms with Gasteiger partial charge in [0.1, 0.15) is 16.7 Å². The Bertz CT molecular complexity index is 736. The molecule has 0 saturated heterocycles. The SMILES string of the molecule is Cc1nc(NN)c(C)c(Sc2nc3ccccc3s2)n1. The number of hydrazine groups is 1. The van der Waals surface area contributed by atoms with Crippen LogP contribution in [0.2, 0.25) is 0 Å². The Kier molecular flexibility index (Phi) is 3.56. The monoisotopic (exact) mass is 303 g/mol. The van der Waals surface area contributed by atoms with Crippen LogP contribution < -0.4 is 11.3 Å². The van der Waals surface area contributed by atoms with Crippen molar-refractivity contribution in [2.45, 2.75) is 23.2 Å². The quantitative estimate of drug-likeness (QED) is 0.440. The van der Waals surface area contributed by atoms with Crippen molar-refractivity contribution >= 4 is 39.1 Å².